The number of ether oxygens (including phenoxy) is 3. The molecule has 0 aliphatic rings. The summed E-state index contributed by atoms with van der Waals surface area (Å²) in [4.78, 5) is 4.21. The molecule has 0 saturated heterocycles. The second-order valence-electron chi connectivity index (χ2n) is 4.72. The third kappa shape index (κ3) is 7.89. The van der Waals surface area contributed by atoms with Crippen molar-refractivity contribution in [3.05, 3.63) is 22.2 Å². The standard InChI is InChI=1S/C16H26BrN3O3.HI/c1-5-23-8-6-7-19-16(18-2)20-11-12-9-13(17)15(22-4)14(10-12)21-3;/h9-10H,5-8,11H2,1-4H3,(H2,18,19,20);1H. The van der Waals surface area contributed by atoms with Crippen LogP contribution in [-0.2, 0) is 11.3 Å². The molecule has 0 saturated carbocycles. The molecule has 0 aromatic heterocycles. The van der Waals surface area contributed by atoms with E-state index in [1.807, 2.05) is 19.1 Å². The van der Waals surface area contributed by atoms with Gasteiger partial charge in [0.25, 0.3) is 0 Å². The zero-order chi connectivity index (χ0) is 17.1. The van der Waals surface area contributed by atoms with Gasteiger partial charge in [-0.15, -0.1) is 24.0 Å². The zero-order valence-electron chi connectivity index (χ0n) is 14.6. The molecule has 0 fully saturated rings. The van der Waals surface area contributed by atoms with Crippen molar-refractivity contribution in [3.8, 4) is 11.5 Å². The van der Waals surface area contributed by atoms with E-state index in [4.69, 9.17) is 14.2 Å². The Bertz CT molecular complexity index is 516. The lowest BCUT2D eigenvalue weighted by atomic mass is 10.2. The molecule has 0 atom stereocenters. The Morgan fingerprint density at radius 2 is 1.96 bits per heavy atom. The topological polar surface area (TPSA) is 64.1 Å². The molecule has 2 N–H and O–H groups in total. The van der Waals surface area contributed by atoms with Crippen molar-refractivity contribution in [1.29, 1.82) is 0 Å². The highest BCUT2D eigenvalue weighted by atomic mass is 127. The summed E-state index contributed by atoms with van der Waals surface area (Å²) in [6, 6.07) is 3.94. The van der Waals surface area contributed by atoms with Gasteiger partial charge in [-0.3, -0.25) is 4.99 Å². The van der Waals surface area contributed by atoms with E-state index in [9.17, 15) is 0 Å². The SMILES string of the molecule is CCOCCCNC(=NC)NCc1cc(Br)c(OC)c(OC)c1.I. The highest BCUT2D eigenvalue weighted by Gasteiger charge is 2.10. The minimum atomic E-state index is 0. The van der Waals surface area contributed by atoms with Gasteiger partial charge in [-0.1, -0.05) is 0 Å². The first-order chi connectivity index (χ1) is 11.2. The Balaban J connectivity index is 0.00000529. The molecular weight excluding hydrogens is 489 g/mol. The second-order valence-corrected chi connectivity index (χ2v) is 5.57. The Labute approximate surface area is 169 Å². The quantitative estimate of drug-likeness (QED) is 0.229. The van der Waals surface area contributed by atoms with Crippen molar-refractivity contribution in [2.24, 2.45) is 4.99 Å². The average Bonchev–Trinajstić information content (AvgIpc) is 2.56. The van der Waals surface area contributed by atoms with Crippen LogP contribution in [0.2, 0.25) is 0 Å². The number of hydrogen-bond acceptors (Lipinski definition) is 4. The number of nitrogens with one attached hydrogen (secondary N) is 2. The van der Waals surface area contributed by atoms with Crippen LogP contribution < -0.4 is 20.1 Å². The fourth-order valence-electron chi connectivity index (χ4n) is 2.01. The largest absolute Gasteiger partial charge is 0.493 e. The van der Waals surface area contributed by atoms with Gasteiger partial charge in [-0.05, 0) is 47.0 Å². The number of rotatable bonds is 9. The first kappa shape index (κ1) is 23.3. The normalized spacial score (nSPS) is 10.8. The van der Waals surface area contributed by atoms with Gasteiger partial charge in [0.2, 0.25) is 0 Å². The second kappa shape index (κ2) is 13.5. The van der Waals surface area contributed by atoms with Gasteiger partial charge in [-0.25, -0.2) is 0 Å². The van der Waals surface area contributed by atoms with E-state index < -0.39 is 0 Å². The summed E-state index contributed by atoms with van der Waals surface area (Å²) in [6.07, 6.45) is 0.941. The van der Waals surface area contributed by atoms with Crippen LogP contribution >= 0.6 is 39.9 Å². The smallest absolute Gasteiger partial charge is 0.191 e. The monoisotopic (exact) mass is 515 g/mol. The minimum Gasteiger partial charge on any atom is -0.493 e. The molecule has 1 aromatic rings. The molecule has 1 rings (SSSR count). The van der Waals surface area contributed by atoms with Gasteiger partial charge < -0.3 is 24.8 Å². The number of guanidine groups is 1. The molecule has 0 heterocycles. The number of aliphatic imine (C=N–C) groups is 1. The first-order valence-corrected chi connectivity index (χ1v) is 8.38. The van der Waals surface area contributed by atoms with Crippen molar-refractivity contribution in [1.82, 2.24) is 10.6 Å². The molecule has 1 aromatic carbocycles. The van der Waals surface area contributed by atoms with E-state index in [0.717, 1.165) is 42.2 Å². The van der Waals surface area contributed by atoms with Crippen molar-refractivity contribution < 1.29 is 14.2 Å². The summed E-state index contributed by atoms with van der Waals surface area (Å²) in [5.74, 6) is 2.14. The van der Waals surface area contributed by atoms with Crippen molar-refractivity contribution in [2.75, 3.05) is 41.0 Å². The van der Waals surface area contributed by atoms with Crippen LogP contribution in [0.4, 0.5) is 0 Å². The average molecular weight is 516 g/mol. The predicted octanol–water partition coefficient (Wildman–Crippen LogP) is 3.18. The van der Waals surface area contributed by atoms with Crippen LogP contribution in [0.3, 0.4) is 0 Å². The number of hydrogen-bond donors (Lipinski definition) is 2. The van der Waals surface area contributed by atoms with Gasteiger partial charge in [0.1, 0.15) is 0 Å². The predicted molar refractivity (Wildman–Crippen MR) is 112 cm³/mol. The first-order valence-electron chi connectivity index (χ1n) is 7.58. The Morgan fingerprint density at radius 1 is 1.21 bits per heavy atom. The number of methoxy groups -OCH3 is 2. The van der Waals surface area contributed by atoms with Crippen LogP contribution in [0.1, 0.15) is 18.9 Å². The van der Waals surface area contributed by atoms with E-state index in [1.54, 1.807) is 21.3 Å². The summed E-state index contributed by atoms with van der Waals surface area (Å²) in [6.45, 7) is 4.94. The van der Waals surface area contributed by atoms with Crippen molar-refractivity contribution >= 4 is 45.9 Å². The summed E-state index contributed by atoms with van der Waals surface area (Å²) < 4.78 is 16.8. The summed E-state index contributed by atoms with van der Waals surface area (Å²) in [5.41, 5.74) is 1.06. The highest BCUT2D eigenvalue weighted by Crippen LogP contribution is 2.36. The summed E-state index contributed by atoms with van der Waals surface area (Å²) in [5, 5.41) is 6.53. The van der Waals surface area contributed by atoms with Gasteiger partial charge in [0, 0.05) is 33.4 Å². The molecule has 0 bridgehead atoms. The fourth-order valence-corrected chi connectivity index (χ4v) is 2.66. The van der Waals surface area contributed by atoms with Crippen LogP contribution in [0.5, 0.6) is 11.5 Å². The lowest BCUT2D eigenvalue weighted by Crippen LogP contribution is -2.37. The lowest BCUT2D eigenvalue weighted by Gasteiger charge is -2.14. The van der Waals surface area contributed by atoms with Gasteiger partial charge >= 0.3 is 0 Å². The van der Waals surface area contributed by atoms with Crippen LogP contribution in [-0.4, -0.2) is 47.0 Å². The van der Waals surface area contributed by atoms with Crippen molar-refractivity contribution in [2.45, 2.75) is 19.9 Å². The Hall–Kier alpha value is -0.740. The van der Waals surface area contributed by atoms with Gasteiger partial charge in [-0.2, -0.15) is 0 Å². The molecule has 0 aliphatic carbocycles. The zero-order valence-corrected chi connectivity index (χ0v) is 18.6. The summed E-state index contributed by atoms with van der Waals surface area (Å²) in [7, 11) is 5.00. The van der Waals surface area contributed by atoms with Crippen LogP contribution in [0.25, 0.3) is 0 Å². The molecule has 0 radical (unpaired) electrons. The molecule has 138 valence electrons. The van der Waals surface area contributed by atoms with Gasteiger partial charge in [0.05, 0.1) is 18.7 Å². The number of nitrogens with zero attached hydrogens (tertiary/aromatic N) is 1. The third-order valence-corrected chi connectivity index (χ3v) is 3.73. The third-order valence-electron chi connectivity index (χ3n) is 3.14. The Morgan fingerprint density at radius 3 is 2.54 bits per heavy atom. The summed E-state index contributed by atoms with van der Waals surface area (Å²) >= 11 is 3.50. The van der Waals surface area contributed by atoms with Crippen molar-refractivity contribution in [3.63, 3.8) is 0 Å². The van der Waals surface area contributed by atoms with E-state index in [1.165, 1.54) is 0 Å². The maximum Gasteiger partial charge on any atom is 0.191 e. The highest BCUT2D eigenvalue weighted by molar-refractivity contribution is 14.0. The van der Waals surface area contributed by atoms with E-state index in [0.29, 0.717) is 18.0 Å². The van der Waals surface area contributed by atoms with E-state index >= 15 is 0 Å². The molecule has 6 nitrogen and oxygen atoms in total. The molecule has 24 heavy (non-hydrogen) atoms. The molecular formula is C16H27BrIN3O3. The molecule has 0 spiro atoms. The molecule has 0 unspecified atom stereocenters. The molecule has 8 heteroatoms. The fraction of sp³-hybridized carbons (Fsp3) is 0.562. The number of benzene rings is 1. The Kier molecular flexibility index (Phi) is 13.1. The lowest BCUT2D eigenvalue weighted by molar-refractivity contribution is 0.145. The van der Waals surface area contributed by atoms with Gasteiger partial charge in [0.15, 0.2) is 17.5 Å². The van der Waals surface area contributed by atoms with Crippen LogP contribution in [0.15, 0.2) is 21.6 Å². The van der Waals surface area contributed by atoms with E-state index in [-0.39, 0.29) is 24.0 Å². The molecule has 0 aliphatic heterocycles. The maximum atomic E-state index is 5.35. The van der Waals surface area contributed by atoms with E-state index in [2.05, 4.69) is 31.6 Å². The minimum absolute atomic E-state index is 0. The molecule has 0 amide bonds. The maximum absolute atomic E-state index is 5.35. The van der Waals surface area contributed by atoms with Crippen LogP contribution in [0, 0.1) is 0 Å². The number of halogens is 2.